The minimum Gasteiger partial charge on any atom is -0.466 e. The van der Waals surface area contributed by atoms with Crippen LogP contribution < -0.4 is 10.6 Å². The van der Waals surface area contributed by atoms with Crippen LogP contribution in [-0.2, 0) is 13.0 Å². The minimum absolute atomic E-state index is 0. The van der Waals surface area contributed by atoms with Gasteiger partial charge in [-0.3, -0.25) is 0 Å². The summed E-state index contributed by atoms with van der Waals surface area (Å²) in [5.41, 5.74) is 3.63. The third-order valence-electron chi connectivity index (χ3n) is 4.26. The van der Waals surface area contributed by atoms with Crippen LogP contribution in [0.3, 0.4) is 0 Å². The zero-order valence-corrected chi connectivity index (χ0v) is 17.9. The Bertz CT molecular complexity index is 866. The van der Waals surface area contributed by atoms with Crippen molar-refractivity contribution in [3.05, 3.63) is 59.2 Å². The van der Waals surface area contributed by atoms with Crippen LogP contribution in [0.15, 0.2) is 45.9 Å². The number of hydrogen-bond donors (Lipinski definition) is 3. The Morgan fingerprint density at radius 2 is 1.96 bits per heavy atom. The Labute approximate surface area is 171 Å². The Hall–Kier alpha value is -1.96. The number of nitrogens with one attached hydrogen (secondary N) is 3. The van der Waals surface area contributed by atoms with Gasteiger partial charge in [0.1, 0.15) is 11.5 Å². The number of H-pyrrole nitrogens is 1. The number of nitrogens with zero attached hydrogens (tertiary/aromatic N) is 1. The van der Waals surface area contributed by atoms with Gasteiger partial charge in [-0.05, 0) is 44.9 Å². The van der Waals surface area contributed by atoms with Crippen LogP contribution in [0.5, 0.6) is 0 Å². The van der Waals surface area contributed by atoms with Crippen LogP contribution in [-0.4, -0.2) is 24.0 Å². The summed E-state index contributed by atoms with van der Waals surface area (Å²) in [7, 11) is 0. The summed E-state index contributed by atoms with van der Waals surface area (Å²) in [6, 6.07) is 10.4. The van der Waals surface area contributed by atoms with E-state index in [4.69, 9.17) is 4.42 Å². The van der Waals surface area contributed by atoms with Gasteiger partial charge in [0.2, 0.25) is 0 Å². The second-order valence-corrected chi connectivity index (χ2v) is 6.17. The largest absolute Gasteiger partial charge is 0.466 e. The molecule has 0 saturated carbocycles. The molecule has 0 aliphatic rings. The minimum atomic E-state index is 0. The number of furan rings is 1. The number of aromatic nitrogens is 1. The lowest BCUT2D eigenvalue weighted by molar-refractivity contribution is 0.501. The quantitative estimate of drug-likeness (QED) is 0.289. The fraction of sp³-hybridized carbons (Fsp3) is 0.350. The maximum atomic E-state index is 5.56. The van der Waals surface area contributed by atoms with Crippen molar-refractivity contribution in [2.45, 2.75) is 33.7 Å². The molecule has 2 heterocycles. The summed E-state index contributed by atoms with van der Waals surface area (Å²) in [5, 5.41) is 8.00. The van der Waals surface area contributed by atoms with Crippen molar-refractivity contribution in [1.82, 2.24) is 15.6 Å². The molecular formula is C20H27IN4O. The van der Waals surface area contributed by atoms with Crippen LogP contribution in [0.4, 0.5) is 0 Å². The van der Waals surface area contributed by atoms with Gasteiger partial charge in [-0.2, -0.15) is 0 Å². The molecule has 0 radical (unpaired) electrons. The molecule has 3 aromatic rings. The molecule has 2 aromatic heterocycles. The number of para-hydroxylation sites is 1. The number of aryl methyl sites for hydroxylation is 2. The van der Waals surface area contributed by atoms with Gasteiger partial charge in [-0.25, -0.2) is 4.99 Å². The van der Waals surface area contributed by atoms with Gasteiger partial charge in [0.15, 0.2) is 5.96 Å². The predicted octanol–water partition coefficient (Wildman–Crippen LogP) is 4.29. The first-order chi connectivity index (χ1) is 12.2. The number of hydrogen-bond acceptors (Lipinski definition) is 2. The molecule has 0 amide bonds. The van der Waals surface area contributed by atoms with Crippen molar-refractivity contribution in [2.24, 2.45) is 4.99 Å². The van der Waals surface area contributed by atoms with E-state index in [-0.39, 0.29) is 24.0 Å². The zero-order chi connectivity index (χ0) is 17.6. The molecule has 5 nitrogen and oxygen atoms in total. The number of guanidine groups is 1. The van der Waals surface area contributed by atoms with Gasteiger partial charge in [-0.1, -0.05) is 18.2 Å². The lowest BCUT2D eigenvalue weighted by atomic mass is 10.1. The molecule has 0 atom stereocenters. The van der Waals surface area contributed by atoms with Gasteiger partial charge in [0.05, 0.1) is 6.54 Å². The summed E-state index contributed by atoms with van der Waals surface area (Å²) >= 11 is 0. The first kappa shape index (κ1) is 20.4. The molecule has 0 bridgehead atoms. The third-order valence-corrected chi connectivity index (χ3v) is 4.26. The first-order valence-corrected chi connectivity index (χ1v) is 8.80. The van der Waals surface area contributed by atoms with Gasteiger partial charge in [0, 0.05) is 35.8 Å². The van der Waals surface area contributed by atoms with Crippen molar-refractivity contribution >= 4 is 40.8 Å². The van der Waals surface area contributed by atoms with Gasteiger partial charge in [-0.15, -0.1) is 24.0 Å². The van der Waals surface area contributed by atoms with Crippen LogP contribution >= 0.6 is 24.0 Å². The summed E-state index contributed by atoms with van der Waals surface area (Å²) in [6.07, 6.45) is 3.03. The highest BCUT2D eigenvalue weighted by atomic mass is 127. The summed E-state index contributed by atoms with van der Waals surface area (Å²) in [6.45, 7) is 8.30. The van der Waals surface area contributed by atoms with Gasteiger partial charge < -0.3 is 20.0 Å². The second-order valence-electron chi connectivity index (χ2n) is 6.17. The van der Waals surface area contributed by atoms with E-state index in [1.165, 1.54) is 16.5 Å². The number of benzene rings is 1. The molecule has 0 unspecified atom stereocenters. The van der Waals surface area contributed by atoms with E-state index in [2.05, 4.69) is 58.0 Å². The fourth-order valence-electron chi connectivity index (χ4n) is 3.00. The molecule has 3 rings (SSSR count). The van der Waals surface area contributed by atoms with Crippen LogP contribution in [0.1, 0.15) is 29.6 Å². The number of aromatic amines is 1. The average Bonchev–Trinajstić information content (AvgIpc) is 3.15. The molecule has 0 aliphatic carbocycles. The van der Waals surface area contributed by atoms with E-state index in [9.17, 15) is 0 Å². The maximum Gasteiger partial charge on any atom is 0.191 e. The highest BCUT2D eigenvalue weighted by Crippen LogP contribution is 2.17. The standard InChI is InChI=1S/C20H26N4O.HI/c1-4-21-20(24-13-17-11-14(2)25-15(17)3)22-10-9-16-12-23-19-8-6-5-7-18(16)19;/h5-8,11-12,23H,4,9-10,13H2,1-3H3,(H2,21,22,24);1H. The lowest BCUT2D eigenvalue weighted by Crippen LogP contribution is -2.38. The SMILES string of the molecule is CCNC(=NCc1cc(C)oc1C)NCCc1c[nH]c2ccccc12.I. The predicted molar refractivity (Wildman–Crippen MR) is 118 cm³/mol. The van der Waals surface area contributed by atoms with Crippen molar-refractivity contribution < 1.29 is 4.42 Å². The van der Waals surface area contributed by atoms with Crippen LogP contribution in [0.25, 0.3) is 10.9 Å². The maximum absolute atomic E-state index is 5.56. The average molecular weight is 466 g/mol. The van der Waals surface area contributed by atoms with E-state index in [0.717, 1.165) is 42.6 Å². The fourth-order valence-corrected chi connectivity index (χ4v) is 3.00. The summed E-state index contributed by atoms with van der Waals surface area (Å²) in [5.74, 6) is 2.71. The Balaban J connectivity index is 0.00000243. The Morgan fingerprint density at radius 3 is 2.69 bits per heavy atom. The van der Waals surface area contributed by atoms with Crippen molar-refractivity contribution in [3.63, 3.8) is 0 Å². The van der Waals surface area contributed by atoms with Crippen molar-refractivity contribution in [1.29, 1.82) is 0 Å². The zero-order valence-electron chi connectivity index (χ0n) is 15.6. The molecule has 3 N–H and O–H groups in total. The topological polar surface area (TPSA) is 65.3 Å². The molecule has 6 heteroatoms. The monoisotopic (exact) mass is 466 g/mol. The van der Waals surface area contributed by atoms with E-state index in [0.29, 0.717) is 6.54 Å². The molecule has 0 spiro atoms. The molecule has 0 aliphatic heterocycles. The Kier molecular flexibility index (Phi) is 7.56. The highest BCUT2D eigenvalue weighted by molar-refractivity contribution is 14.0. The second kappa shape index (κ2) is 9.66. The van der Waals surface area contributed by atoms with Crippen LogP contribution in [0.2, 0.25) is 0 Å². The number of fused-ring (bicyclic) bond motifs is 1. The number of rotatable bonds is 6. The van der Waals surface area contributed by atoms with E-state index in [1.807, 2.05) is 19.9 Å². The molecule has 26 heavy (non-hydrogen) atoms. The van der Waals surface area contributed by atoms with E-state index >= 15 is 0 Å². The smallest absolute Gasteiger partial charge is 0.191 e. The lowest BCUT2D eigenvalue weighted by Gasteiger charge is -2.11. The molecule has 0 saturated heterocycles. The summed E-state index contributed by atoms with van der Waals surface area (Å²) in [4.78, 5) is 7.99. The van der Waals surface area contributed by atoms with Crippen molar-refractivity contribution in [2.75, 3.05) is 13.1 Å². The van der Waals surface area contributed by atoms with E-state index in [1.54, 1.807) is 0 Å². The summed E-state index contributed by atoms with van der Waals surface area (Å²) < 4.78 is 5.56. The Morgan fingerprint density at radius 1 is 1.15 bits per heavy atom. The number of halogens is 1. The van der Waals surface area contributed by atoms with Crippen molar-refractivity contribution in [3.8, 4) is 0 Å². The normalized spacial score (nSPS) is 11.4. The molecule has 1 aromatic carbocycles. The molecule has 0 fully saturated rings. The highest BCUT2D eigenvalue weighted by Gasteiger charge is 2.06. The molecule has 140 valence electrons. The molecular weight excluding hydrogens is 439 g/mol. The number of aliphatic imine (C=N–C) groups is 1. The van der Waals surface area contributed by atoms with Gasteiger partial charge in [0.25, 0.3) is 0 Å². The third kappa shape index (κ3) is 5.03. The van der Waals surface area contributed by atoms with E-state index < -0.39 is 0 Å². The van der Waals surface area contributed by atoms with Crippen LogP contribution in [0, 0.1) is 13.8 Å². The first-order valence-electron chi connectivity index (χ1n) is 8.80. The van der Waals surface area contributed by atoms with Gasteiger partial charge >= 0.3 is 0 Å².